The minimum atomic E-state index is -0.585. The SMILES string of the molecule is COc1cccc(C(O)CC2OCCO2)c1. The van der Waals surface area contributed by atoms with Gasteiger partial charge in [0, 0.05) is 6.42 Å². The number of hydrogen-bond donors (Lipinski definition) is 1. The van der Waals surface area contributed by atoms with Crippen LogP contribution < -0.4 is 4.74 Å². The van der Waals surface area contributed by atoms with Crippen molar-refractivity contribution in [3.63, 3.8) is 0 Å². The van der Waals surface area contributed by atoms with Gasteiger partial charge in [-0.15, -0.1) is 0 Å². The Bertz CT molecular complexity index is 334. The van der Waals surface area contributed by atoms with E-state index in [1.54, 1.807) is 7.11 Å². The molecule has 1 aromatic carbocycles. The van der Waals surface area contributed by atoms with Gasteiger partial charge in [-0.05, 0) is 17.7 Å². The fourth-order valence-electron chi connectivity index (χ4n) is 1.71. The van der Waals surface area contributed by atoms with Crippen molar-refractivity contribution in [2.24, 2.45) is 0 Å². The van der Waals surface area contributed by atoms with Crippen molar-refractivity contribution >= 4 is 0 Å². The van der Waals surface area contributed by atoms with Crippen molar-refractivity contribution in [3.8, 4) is 5.75 Å². The lowest BCUT2D eigenvalue weighted by Gasteiger charge is -2.15. The fourth-order valence-corrected chi connectivity index (χ4v) is 1.71. The second-order valence-electron chi connectivity index (χ2n) is 3.70. The van der Waals surface area contributed by atoms with Crippen LogP contribution in [0.5, 0.6) is 5.75 Å². The molecule has 88 valence electrons. The summed E-state index contributed by atoms with van der Waals surface area (Å²) in [6, 6.07) is 7.38. The second kappa shape index (κ2) is 5.30. The highest BCUT2D eigenvalue weighted by Gasteiger charge is 2.21. The number of aliphatic hydroxyl groups excluding tert-OH is 1. The van der Waals surface area contributed by atoms with Crippen LogP contribution >= 0.6 is 0 Å². The Hall–Kier alpha value is -1.10. The average molecular weight is 224 g/mol. The molecule has 0 aromatic heterocycles. The first-order chi connectivity index (χ1) is 7.79. The molecule has 0 bridgehead atoms. The predicted molar refractivity (Wildman–Crippen MR) is 58.3 cm³/mol. The van der Waals surface area contributed by atoms with Gasteiger partial charge < -0.3 is 19.3 Å². The highest BCUT2D eigenvalue weighted by Crippen LogP contribution is 2.24. The van der Waals surface area contributed by atoms with E-state index in [0.717, 1.165) is 11.3 Å². The van der Waals surface area contributed by atoms with E-state index in [0.29, 0.717) is 19.6 Å². The van der Waals surface area contributed by atoms with Crippen LogP contribution in [0.15, 0.2) is 24.3 Å². The van der Waals surface area contributed by atoms with Gasteiger partial charge in [0.15, 0.2) is 6.29 Å². The van der Waals surface area contributed by atoms with Crippen LogP contribution in [-0.4, -0.2) is 31.7 Å². The number of hydrogen-bond acceptors (Lipinski definition) is 4. The number of aliphatic hydroxyl groups is 1. The topological polar surface area (TPSA) is 47.9 Å². The van der Waals surface area contributed by atoms with Gasteiger partial charge in [-0.25, -0.2) is 0 Å². The quantitative estimate of drug-likeness (QED) is 0.841. The Morgan fingerprint density at radius 2 is 2.19 bits per heavy atom. The van der Waals surface area contributed by atoms with E-state index in [2.05, 4.69) is 0 Å². The lowest BCUT2D eigenvalue weighted by atomic mass is 10.1. The van der Waals surface area contributed by atoms with Crippen LogP contribution in [0.1, 0.15) is 18.1 Å². The molecule has 1 aliphatic heterocycles. The molecule has 1 N–H and O–H groups in total. The molecule has 1 saturated heterocycles. The third kappa shape index (κ3) is 2.72. The van der Waals surface area contributed by atoms with Crippen LogP contribution in [-0.2, 0) is 9.47 Å². The number of rotatable bonds is 4. The van der Waals surface area contributed by atoms with Gasteiger partial charge in [-0.3, -0.25) is 0 Å². The fraction of sp³-hybridized carbons (Fsp3) is 0.500. The molecule has 1 fully saturated rings. The van der Waals surface area contributed by atoms with E-state index >= 15 is 0 Å². The molecular weight excluding hydrogens is 208 g/mol. The molecule has 1 unspecified atom stereocenters. The summed E-state index contributed by atoms with van der Waals surface area (Å²) in [5.41, 5.74) is 0.818. The van der Waals surface area contributed by atoms with Crippen LogP contribution in [0.2, 0.25) is 0 Å². The van der Waals surface area contributed by atoms with E-state index in [1.807, 2.05) is 24.3 Å². The molecule has 1 heterocycles. The molecule has 1 aliphatic rings. The van der Waals surface area contributed by atoms with Crippen LogP contribution in [0, 0.1) is 0 Å². The molecule has 0 saturated carbocycles. The normalized spacial score (nSPS) is 18.6. The van der Waals surface area contributed by atoms with Crippen LogP contribution in [0.3, 0.4) is 0 Å². The van der Waals surface area contributed by atoms with Gasteiger partial charge in [-0.1, -0.05) is 12.1 Å². The van der Waals surface area contributed by atoms with E-state index in [9.17, 15) is 5.11 Å². The van der Waals surface area contributed by atoms with Crippen LogP contribution in [0.4, 0.5) is 0 Å². The third-order valence-electron chi connectivity index (χ3n) is 2.59. The molecule has 1 atom stereocenters. The van der Waals surface area contributed by atoms with Crippen molar-refractivity contribution in [1.82, 2.24) is 0 Å². The minimum absolute atomic E-state index is 0.291. The first-order valence-corrected chi connectivity index (χ1v) is 5.35. The maximum atomic E-state index is 9.99. The minimum Gasteiger partial charge on any atom is -0.497 e. The monoisotopic (exact) mass is 224 g/mol. The molecule has 0 amide bonds. The van der Waals surface area contributed by atoms with Gasteiger partial charge in [-0.2, -0.15) is 0 Å². The first kappa shape index (κ1) is 11.4. The van der Waals surface area contributed by atoms with Crippen molar-refractivity contribution in [2.75, 3.05) is 20.3 Å². The maximum absolute atomic E-state index is 9.99. The Kier molecular flexibility index (Phi) is 3.77. The largest absolute Gasteiger partial charge is 0.497 e. The number of benzene rings is 1. The summed E-state index contributed by atoms with van der Waals surface area (Å²) >= 11 is 0. The third-order valence-corrected chi connectivity index (χ3v) is 2.59. The zero-order valence-electron chi connectivity index (χ0n) is 9.26. The van der Waals surface area contributed by atoms with Gasteiger partial charge in [0.25, 0.3) is 0 Å². The molecular formula is C12H16O4. The van der Waals surface area contributed by atoms with E-state index in [4.69, 9.17) is 14.2 Å². The molecule has 2 rings (SSSR count). The van der Waals surface area contributed by atoms with Gasteiger partial charge in [0.1, 0.15) is 5.75 Å². The van der Waals surface area contributed by atoms with Gasteiger partial charge >= 0.3 is 0 Å². The van der Waals surface area contributed by atoms with E-state index in [1.165, 1.54) is 0 Å². The summed E-state index contributed by atoms with van der Waals surface area (Å²) in [6.45, 7) is 1.21. The number of ether oxygens (including phenoxy) is 3. The molecule has 1 aromatic rings. The smallest absolute Gasteiger partial charge is 0.160 e. The molecule has 0 aliphatic carbocycles. The summed E-state index contributed by atoms with van der Waals surface area (Å²) in [4.78, 5) is 0. The van der Waals surface area contributed by atoms with Crippen molar-refractivity contribution < 1.29 is 19.3 Å². The van der Waals surface area contributed by atoms with Gasteiger partial charge in [0.2, 0.25) is 0 Å². The zero-order chi connectivity index (χ0) is 11.4. The predicted octanol–water partition coefficient (Wildman–Crippen LogP) is 1.49. The molecule has 4 heteroatoms. The van der Waals surface area contributed by atoms with Gasteiger partial charge in [0.05, 0.1) is 26.4 Å². The van der Waals surface area contributed by atoms with E-state index < -0.39 is 6.10 Å². The van der Waals surface area contributed by atoms with Crippen LogP contribution in [0.25, 0.3) is 0 Å². The highest BCUT2D eigenvalue weighted by molar-refractivity contribution is 5.29. The molecule has 0 radical (unpaired) electrons. The summed E-state index contributed by atoms with van der Waals surface area (Å²) in [6.07, 6.45) is -0.424. The van der Waals surface area contributed by atoms with Crippen molar-refractivity contribution in [1.29, 1.82) is 0 Å². The summed E-state index contributed by atoms with van der Waals surface area (Å²) in [5, 5.41) is 9.99. The lowest BCUT2D eigenvalue weighted by molar-refractivity contribution is -0.0708. The summed E-state index contributed by atoms with van der Waals surface area (Å²) in [7, 11) is 1.61. The average Bonchev–Trinajstić information content (AvgIpc) is 2.82. The Morgan fingerprint density at radius 3 is 2.88 bits per heavy atom. The number of methoxy groups -OCH3 is 1. The Morgan fingerprint density at radius 1 is 1.44 bits per heavy atom. The lowest BCUT2D eigenvalue weighted by Crippen LogP contribution is -2.13. The second-order valence-corrected chi connectivity index (χ2v) is 3.70. The first-order valence-electron chi connectivity index (χ1n) is 5.35. The zero-order valence-corrected chi connectivity index (χ0v) is 9.26. The highest BCUT2D eigenvalue weighted by atomic mass is 16.7. The standard InChI is InChI=1S/C12H16O4/c1-14-10-4-2-3-9(7-10)11(13)8-12-15-5-6-16-12/h2-4,7,11-13H,5-6,8H2,1H3. The Balaban J connectivity index is 1.98. The maximum Gasteiger partial charge on any atom is 0.160 e. The van der Waals surface area contributed by atoms with Crippen molar-refractivity contribution in [2.45, 2.75) is 18.8 Å². The molecule has 0 spiro atoms. The van der Waals surface area contributed by atoms with E-state index in [-0.39, 0.29) is 6.29 Å². The Labute approximate surface area is 94.8 Å². The molecule has 4 nitrogen and oxygen atoms in total. The molecule has 16 heavy (non-hydrogen) atoms. The summed E-state index contributed by atoms with van der Waals surface area (Å²) in [5.74, 6) is 0.741. The van der Waals surface area contributed by atoms with Crippen molar-refractivity contribution in [3.05, 3.63) is 29.8 Å². The summed E-state index contributed by atoms with van der Waals surface area (Å²) < 4.78 is 15.7.